The van der Waals surface area contributed by atoms with Gasteiger partial charge in [-0.05, 0) is 26.4 Å². The summed E-state index contributed by atoms with van der Waals surface area (Å²) in [5, 5.41) is 2.93. The molecule has 0 radical (unpaired) electrons. The molecule has 0 spiro atoms. The highest BCUT2D eigenvalue weighted by molar-refractivity contribution is 4.74. The molecule has 0 aromatic rings. The molecule has 0 rings (SSSR count). The molecule has 2 nitrogen and oxygen atoms in total. The first-order chi connectivity index (χ1) is 6.94. The molecule has 0 heterocycles. The number of nitrogens with zero attached hydrogens (tertiary/aromatic N) is 1. The molecule has 5 heteroatoms. The summed E-state index contributed by atoms with van der Waals surface area (Å²) in [5.74, 6) is 0. The van der Waals surface area contributed by atoms with Gasteiger partial charge in [0.25, 0.3) is 0 Å². The van der Waals surface area contributed by atoms with Crippen LogP contribution in [0, 0.1) is 0 Å². The summed E-state index contributed by atoms with van der Waals surface area (Å²) in [6.45, 7) is 4.11. The third-order valence-corrected chi connectivity index (χ3v) is 2.32. The van der Waals surface area contributed by atoms with Crippen molar-refractivity contribution >= 4 is 0 Å². The molecule has 0 aliphatic carbocycles. The zero-order chi connectivity index (χ0) is 11.9. The van der Waals surface area contributed by atoms with Crippen molar-refractivity contribution in [2.75, 3.05) is 26.7 Å². The normalized spacial score (nSPS) is 14.6. The summed E-state index contributed by atoms with van der Waals surface area (Å²) in [6, 6.07) is -0.0309. The average molecular weight is 226 g/mol. The number of likely N-dealkylation sites (N-methyl/N-ethyl adjacent to an activating group) is 1. The maximum atomic E-state index is 12.3. The maximum Gasteiger partial charge on any atom is 0.401 e. The van der Waals surface area contributed by atoms with Crippen LogP contribution in [-0.2, 0) is 0 Å². The molecule has 92 valence electrons. The van der Waals surface area contributed by atoms with Gasteiger partial charge in [-0.15, -0.1) is 0 Å². The lowest BCUT2D eigenvalue weighted by Crippen LogP contribution is -2.46. The standard InChI is InChI=1S/C10H21F3N2/c1-4-6-15(8-10(11,12)13)9(5-2)7-14-3/h9,14H,4-8H2,1-3H3. The molecule has 0 bridgehead atoms. The minimum atomic E-state index is -4.10. The van der Waals surface area contributed by atoms with Crippen molar-refractivity contribution in [3.63, 3.8) is 0 Å². The number of hydrogen-bond donors (Lipinski definition) is 1. The van der Waals surface area contributed by atoms with Crippen molar-refractivity contribution in [3.8, 4) is 0 Å². The van der Waals surface area contributed by atoms with Crippen molar-refractivity contribution in [1.29, 1.82) is 0 Å². The van der Waals surface area contributed by atoms with Gasteiger partial charge in [0.1, 0.15) is 0 Å². The summed E-state index contributed by atoms with van der Waals surface area (Å²) >= 11 is 0. The van der Waals surface area contributed by atoms with E-state index in [0.717, 1.165) is 12.8 Å². The van der Waals surface area contributed by atoms with E-state index < -0.39 is 12.7 Å². The Morgan fingerprint density at radius 3 is 2.20 bits per heavy atom. The predicted molar refractivity (Wildman–Crippen MR) is 55.9 cm³/mol. The molecule has 0 aliphatic heterocycles. The Labute approximate surface area is 89.8 Å². The lowest BCUT2D eigenvalue weighted by Gasteiger charge is -2.31. The average Bonchev–Trinajstić information content (AvgIpc) is 2.11. The Morgan fingerprint density at radius 1 is 1.27 bits per heavy atom. The molecular weight excluding hydrogens is 205 g/mol. The summed E-state index contributed by atoms with van der Waals surface area (Å²) in [5.41, 5.74) is 0. The fourth-order valence-corrected chi connectivity index (χ4v) is 1.68. The number of rotatable bonds is 7. The topological polar surface area (TPSA) is 15.3 Å². The maximum absolute atomic E-state index is 12.3. The van der Waals surface area contributed by atoms with E-state index in [1.807, 2.05) is 13.8 Å². The first-order valence-corrected chi connectivity index (χ1v) is 5.40. The van der Waals surface area contributed by atoms with Gasteiger partial charge >= 0.3 is 6.18 Å². The zero-order valence-corrected chi connectivity index (χ0v) is 9.69. The Balaban J connectivity index is 4.33. The van der Waals surface area contributed by atoms with Crippen LogP contribution < -0.4 is 5.32 Å². The minimum absolute atomic E-state index is 0.0309. The summed E-state index contributed by atoms with van der Waals surface area (Å²) in [7, 11) is 1.76. The van der Waals surface area contributed by atoms with Crippen LogP contribution in [0.4, 0.5) is 13.2 Å². The van der Waals surface area contributed by atoms with Gasteiger partial charge in [0.2, 0.25) is 0 Å². The SMILES string of the molecule is CCCN(CC(F)(F)F)C(CC)CNC. The number of alkyl halides is 3. The second-order valence-corrected chi connectivity index (χ2v) is 3.71. The molecule has 0 fully saturated rings. The molecule has 0 saturated carbocycles. The first-order valence-electron chi connectivity index (χ1n) is 5.40. The molecule has 0 aromatic carbocycles. The van der Waals surface area contributed by atoms with Crippen LogP contribution >= 0.6 is 0 Å². The van der Waals surface area contributed by atoms with E-state index >= 15 is 0 Å². The van der Waals surface area contributed by atoms with E-state index in [0.29, 0.717) is 13.1 Å². The molecule has 1 N–H and O–H groups in total. The Bertz CT molecular complexity index is 159. The van der Waals surface area contributed by atoms with Crippen LogP contribution in [0.2, 0.25) is 0 Å². The third kappa shape index (κ3) is 6.73. The third-order valence-electron chi connectivity index (χ3n) is 2.32. The fourth-order valence-electron chi connectivity index (χ4n) is 1.68. The smallest absolute Gasteiger partial charge is 0.318 e. The highest BCUT2D eigenvalue weighted by Crippen LogP contribution is 2.19. The summed E-state index contributed by atoms with van der Waals surface area (Å²) in [4.78, 5) is 1.51. The number of nitrogens with one attached hydrogen (secondary N) is 1. The van der Waals surface area contributed by atoms with E-state index in [1.165, 1.54) is 4.90 Å². The van der Waals surface area contributed by atoms with Crippen molar-refractivity contribution in [1.82, 2.24) is 10.2 Å². The van der Waals surface area contributed by atoms with E-state index in [4.69, 9.17) is 0 Å². The first kappa shape index (κ1) is 14.7. The highest BCUT2D eigenvalue weighted by Gasteiger charge is 2.32. The Kier molecular flexibility index (Phi) is 6.92. The van der Waals surface area contributed by atoms with Gasteiger partial charge < -0.3 is 5.32 Å². The van der Waals surface area contributed by atoms with Gasteiger partial charge in [-0.2, -0.15) is 13.2 Å². The molecule has 15 heavy (non-hydrogen) atoms. The fraction of sp³-hybridized carbons (Fsp3) is 1.00. The van der Waals surface area contributed by atoms with Gasteiger partial charge in [-0.1, -0.05) is 13.8 Å². The number of hydrogen-bond acceptors (Lipinski definition) is 2. The van der Waals surface area contributed by atoms with Gasteiger partial charge in [0, 0.05) is 12.6 Å². The van der Waals surface area contributed by atoms with Crippen molar-refractivity contribution in [2.24, 2.45) is 0 Å². The molecule has 1 unspecified atom stereocenters. The van der Waals surface area contributed by atoms with Crippen LogP contribution in [0.25, 0.3) is 0 Å². The Morgan fingerprint density at radius 2 is 1.87 bits per heavy atom. The second kappa shape index (κ2) is 7.06. The minimum Gasteiger partial charge on any atom is -0.318 e. The summed E-state index contributed by atoms with van der Waals surface area (Å²) < 4.78 is 36.9. The highest BCUT2D eigenvalue weighted by atomic mass is 19.4. The van der Waals surface area contributed by atoms with Gasteiger partial charge in [-0.3, -0.25) is 4.90 Å². The van der Waals surface area contributed by atoms with Crippen molar-refractivity contribution in [3.05, 3.63) is 0 Å². The van der Waals surface area contributed by atoms with E-state index in [1.54, 1.807) is 7.05 Å². The number of halogens is 3. The lowest BCUT2D eigenvalue weighted by atomic mass is 10.1. The molecule has 0 aromatic heterocycles. The van der Waals surface area contributed by atoms with Crippen LogP contribution in [0.3, 0.4) is 0 Å². The summed E-state index contributed by atoms with van der Waals surface area (Å²) in [6.07, 6.45) is -2.62. The monoisotopic (exact) mass is 226 g/mol. The van der Waals surface area contributed by atoms with Gasteiger partial charge in [0.05, 0.1) is 6.54 Å². The van der Waals surface area contributed by atoms with E-state index in [2.05, 4.69) is 5.32 Å². The lowest BCUT2D eigenvalue weighted by molar-refractivity contribution is -0.150. The zero-order valence-electron chi connectivity index (χ0n) is 9.69. The van der Waals surface area contributed by atoms with Crippen molar-refractivity contribution < 1.29 is 13.2 Å². The van der Waals surface area contributed by atoms with E-state index in [-0.39, 0.29) is 6.04 Å². The molecule has 1 atom stereocenters. The molecule has 0 amide bonds. The van der Waals surface area contributed by atoms with Crippen LogP contribution in [0.1, 0.15) is 26.7 Å². The quantitative estimate of drug-likeness (QED) is 0.716. The molecule has 0 aliphatic rings. The van der Waals surface area contributed by atoms with Crippen LogP contribution in [-0.4, -0.2) is 43.8 Å². The van der Waals surface area contributed by atoms with Crippen molar-refractivity contribution in [2.45, 2.75) is 38.9 Å². The van der Waals surface area contributed by atoms with Crippen LogP contribution in [0.15, 0.2) is 0 Å². The van der Waals surface area contributed by atoms with E-state index in [9.17, 15) is 13.2 Å². The molecular formula is C10H21F3N2. The van der Waals surface area contributed by atoms with Crippen LogP contribution in [0.5, 0.6) is 0 Å². The Hall–Kier alpha value is -0.290. The molecule has 0 saturated heterocycles. The van der Waals surface area contributed by atoms with Gasteiger partial charge in [-0.25, -0.2) is 0 Å². The predicted octanol–water partition coefficient (Wildman–Crippen LogP) is 2.26. The second-order valence-electron chi connectivity index (χ2n) is 3.71. The largest absolute Gasteiger partial charge is 0.401 e. The van der Waals surface area contributed by atoms with Gasteiger partial charge in [0.15, 0.2) is 0 Å².